The number of rotatable bonds is 3. The van der Waals surface area contributed by atoms with Gasteiger partial charge in [0.2, 0.25) is 5.91 Å². The second-order valence-electron chi connectivity index (χ2n) is 4.44. The van der Waals surface area contributed by atoms with Crippen LogP contribution in [-0.2, 0) is 4.79 Å². The van der Waals surface area contributed by atoms with Gasteiger partial charge in [-0.3, -0.25) is 4.79 Å². The van der Waals surface area contributed by atoms with Crippen LogP contribution in [0.2, 0.25) is 0 Å². The van der Waals surface area contributed by atoms with E-state index in [1.54, 1.807) is 31.3 Å². The minimum atomic E-state index is -0.697. The maximum Gasteiger partial charge on any atom is 0.248 e. The van der Waals surface area contributed by atoms with Gasteiger partial charge in [-0.25, -0.2) is 0 Å². The number of likely N-dealkylation sites (N-methyl/N-ethyl adjacent to an activating group) is 1. The van der Waals surface area contributed by atoms with Gasteiger partial charge in [0.05, 0.1) is 11.6 Å². The molecule has 2 N–H and O–H groups in total. The summed E-state index contributed by atoms with van der Waals surface area (Å²) >= 11 is 0. The summed E-state index contributed by atoms with van der Waals surface area (Å²) in [6.45, 7) is 0. The average Bonchev–Trinajstić information content (AvgIpc) is 2.53. The maximum absolute atomic E-state index is 12.3. The van der Waals surface area contributed by atoms with E-state index in [0.29, 0.717) is 11.3 Å². The lowest BCUT2D eigenvalue weighted by molar-refractivity contribution is -0.119. The SMILES string of the molecule is CN(C(=O)C(N)c1ccccc1)c1ccc(C#N)cc1. The van der Waals surface area contributed by atoms with Crippen molar-refractivity contribution in [1.82, 2.24) is 0 Å². The molecule has 0 bridgehead atoms. The summed E-state index contributed by atoms with van der Waals surface area (Å²) < 4.78 is 0. The van der Waals surface area contributed by atoms with E-state index >= 15 is 0 Å². The van der Waals surface area contributed by atoms with Crippen molar-refractivity contribution in [2.75, 3.05) is 11.9 Å². The lowest BCUT2D eigenvalue weighted by Crippen LogP contribution is -2.35. The molecule has 0 heterocycles. The summed E-state index contributed by atoms with van der Waals surface area (Å²) in [4.78, 5) is 13.8. The van der Waals surface area contributed by atoms with Gasteiger partial charge in [0.15, 0.2) is 0 Å². The molecule has 0 fully saturated rings. The predicted molar refractivity (Wildman–Crippen MR) is 77.9 cm³/mol. The van der Waals surface area contributed by atoms with Crippen LogP contribution in [0, 0.1) is 11.3 Å². The first kappa shape index (κ1) is 13.8. The maximum atomic E-state index is 12.3. The number of hydrogen-bond donors (Lipinski definition) is 1. The van der Waals surface area contributed by atoms with Gasteiger partial charge in [-0.2, -0.15) is 5.26 Å². The van der Waals surface area contributed by atoms with Crippen LogP contribution in [0.1, 0.15) is 17.2 Å². The normalized spacial score (nSPS) is 11.4. The van der Waals surface area contributed by atoms with E-state index in [1.165, 1.54) is 4.90 Å². The average molecular weight is 265 g/mol. The van der Waals surface area contributed by atoms with E-state index in [2.05, 4.69) is 0 Å². The third-order valence-electron chi connectivity index (χ3n) is 3.14. The highest BCUT2D eigenvalue weighted by Crippen LogP contribution is 2.18. The zero-order valence-electron chi connectivity index (χ0n) is 11.2. The number of carbonyl (C=O) groups is 1. The number of hydrogen-bond acceptors (Lipinski definition) is 3. The molecule has 0 aliphatic rings. The molecule has 0 aliphatic carbocycles. The summed E-state index contributed by atoms with van der Waals surface area (Å²) in [5.41, 5.74) is 8.03. The molecule has 0 saturated carbocycles. The van der Waals surface area contributed by atoms with E-state index < -0.39 is 6.04 Å². The van der Waals surface area contributed by atoms with Crippen molar-refractivity contribution in [3.8, 4) is 6.07 Å². The molecule has 1 amide bonds. The topological polar surface area (TPSA) is 70.1 Å². The Labute approximate surface area is 118 Å². The Morgan fingerprint density at radius 1 is 1.15 bits per heavy atom. The highest BCUT2D eigenvalue weighted by molar-refractivity contribution is 5.97. The molecule has 0 aromatic heterocycles. The monoisotopic (exact) mass is 265 g/mol. The minimum absolute atomic E-state index is 0.194. The van der Waals surface area contributed by atoms with E-state index in [1.807, 2.05) is 36.4 Å². The molecule has 20 heavy (non-hydrogen) atoms. The zero-order valence-corrected chi connectivity index (χ0v) is 11.2. The molecule has 4 nitrogen and oxygen atoms in total. The van der Waals surface area contributed by atoms with Crippen molar-refractivity contribution < 1.29 is 4.79 Å². The predicted octanol–water partition coefficient (Wildman–Crippen LogP) is 2.22. The van der Waals surface area contributed by atoms with Gasteiger partial charge >= 0.3 is 0 Å². The number of nitrogens with two attached hydrogens (primary N) is 1. The summed E-state index contributed by atoms with van der Waals surface area (Å²) in [5, 5.41) is 8.76. The molecule has 0 saturated heterocycles. The van der Waals surface area contributed by atoms with Crippen molar-refractivity contribution in [1.29, 1.82) is 5.26 Å². The van der Waals surface area contributed by atoms with Crippen molar-refractivity contribution in [3.63, 3.8) is 0 Å². The van der Waals surface area contributed by atoms with Crippen LogP contribution in [0.3, 0.4) is 0 Å². The van der Waals surface area contributed by atoms with Gasteiger partial charge in [0, 0.05) is 12.7 Å². The first-order valence-electron chi connectivity index (χ1n) is 6.21. The van der Waals surface area contributed by atoms with Gasteiger partial charge in [0.1, 0.15) is 6.04 Å². The Balaban J connectivity index is 2.18. The third kappa shape index (κ3) is 2.85. The van der Waals surface area contributed by atoms with Crippen molar-refractivity contribution in [2.45, 2.75) is 6.04 Å². The van der Waals surface area contributed by atoms with Gasteiger partial charge in [0.25, 0.3) is 0 Å². The first-order valence-corrected chi connectivity index (χ1v) is 6.21. The van der Waals surface area contributed by atoms with Gasteiger partial charge in [-0.1, -0.05) is 30.3 Å². The van der Waals surface area contributed by atoms with Crippen LogP contribution in [0.25, 0.3) is 0 Å². The zero-order chi connectivity index (χ0) is 14.5. The molecular formula is C16H15N3O. The van der Waals surface area contributed by atoms with Crippen molar-refractivity contribution in [2.24, 2.45) is 5.73 Å². The lowest BCUT2D eigenvalue weighted by atomic mass is 10.1. The Hall–Kier alpha value is -2.64. The number of nitriles is 1. The Bertz CT molecular complexity index is 629. The van der Waals surface area contributed by atoms with Crippen LogP contribution >= 0.6 is 0 Å². The van der Waals surface area contributed by atoms with E-state index in [-0.39, 0.29) is 5.91 Å². The molecule has 1 unspecified atom stereocenters. The highest BCUT2D eigenvalue weighted by Gasteiger charge is 2.20. The van der Waals surface area contributed by atoms with Crippen LogP contribution in [0.15, 0.2) is 54.6 Å². The molecular weight excluding hydrogens is 250 g/mol. The quantitative estimate of drug-likeness (QED) is 0.925. The van der Waals surface area contributed by atoms with Crippen molar-refractivity contribution >= 4 is 11.6 Å². The third-order valence-corrected chi connectivity index (χ3v) is 3.14. The van der Waals surface area contributed by atoms with Crippen LogP contribution in [-0.4, -0.2) is 13.0 Å². The van der Waals surface area contributed by atoms with Crippen LogP contribution < -0.4 is 10.6 Å². The van der Waals surface area contributed by atoms with Crippen molar-refractivity contribution in [3.05, 3.63) is 65.7 Å². The molecule has 2 aromatic carbocycles. The smallest absolute Gasteiger partial charge is 0.248 e. The second-order valence-corrected chi connectivity index (χ2v) is 4.44. The molecule has 4 heteroatoms. The van der Waals surface area contributed by atoms with Crippen LogP contribution in [0.5, 0.6) is 0 Å². The van der Waals surface area contributed by atoms with Crippen LogP contribution in [0.4, 0.5) is 5.69 Å². The number of anilines is 1. The molecule has 2 aromatic rings. The fourth-order valence-corrected chi connectivity index (χ4v) is 1.90. The van der Waals surface area contributed by atoms with E-state index in [0.717, 1.165) is 5.56 Å². The summed E-state index contributed by atoms with van der Waals surface area (Å²) in [5.74, 6) is -0.194. The summed E-state index contributed by atoms with van der Waals surface area (Å²) in [6.07, 6.45) is 0. The number of benzene rings is 2. The molecule has 1 atom stereocenters. The lowest BCUT2D eigenvalue weighted by Gasteiger charge is -2.21. The largest absolute Gasteiger partial charge is 0.316 e. The number of nitrogens with zero attached hydrogens (tertiary/aromatic N) is 2. The fourth-order valence-electron chi connectivity index (χ4n) is 1.90. The Morgan fingerprint density at radius 2 is 1.75 bits per heavy atom. The number of carbonyl (C=O) groups excluding carboxylic acids is 1. The minimum Gasteiger partial charge on any atom is -0.316 e. The van der Waals surface area contributed by atoms with E-state index in [9.17, 15) is 4.79 Å². The molecule has 2 rings (SSSR count). The molecule has 0 aliphatic heterocycles. The first-order chi connectivity index (χ1) is 9.63. The van der Waals surface area contributed by atoms with Gasteiger partial charge in [-0.15, -0.1) is 0 Å². The van der Waals surface area contributed by atoms with Gasteiger partial charge < -0.3 is 10.6 Å². The summed E-state index contributed by atoms with van der Waals surface area (Å²) in [6, 6.07) is 17.4. The number of amides is 1. The molecule has 0 spiro atoms. The second kappa shape index (κ2) is 6.00. The summed E-state index contributed by atoms with van der Waals surface area (Å²) in [7, 11) is 1.67. The molecule has 100 valence electrons. The van der Waals surface area contributed by atoms with Gasteiger partial charge in [-0.05, 0) is 29.8 Å². The van der Waals surface area contributed by atoms with E-state index in [4.69, 9.17) is 11.0 Å². The fraction of sp³-hybridized carbons (Fsp3) is 0.125. The standard InChI is InChI=1S/C16H15N3O/c1-19(14-9-7-12(11-17)8-10-14)16(20)15(18)13-5-3-2-4-6-13/h2-10,15H,18H2,1H3. The Morgan fingerprint density at radius 3 is 2.30 bits per heavy atom. The Kier molecular flexibility index (Phi) is 4.14. The molecule has 0 radical (unpaired) electrons. The highest BCUT2D eigenvalue weighted by atomic mass is 16.2.